The molecule has 3 aromatic rings. The number of nitrogen functional groups attached to an aromatic ring is 1. The number of amidine groups is 1. The number of benzene rings is 3. The van der Waals surface area contributed by atoms with E-state index in [1.807, 2.05) is 0 Å². The number of carbonyl (C=O) groups excluding carboxylic acids is 3. The highest BCUT2D eigenvalue weighted by Crippen LogP contribution is 2.30. The molecule has 3 rings (SSSR count). The lowest BCUT2D eigenvalue weighted by Crippen LogP contribution is -2.25. The van der Waals surface area contributed by atoms with Crippen molar-refractivity contribution >= 4 is 39.4 Å². The third-order valence-electron chi connectivity index (χ3n) is 5.96. The van der Waals surface area contributed by atoms with Gasteiger partial charge in [0.25, 0.3) is 11.8 Å². The van der Waals surface area contributed by atoms with Crippen molar-refractivity contribution in [2.75, 3.05) is 18.1 Å². The second-order valence-corrected chi connectivity index (χ2v) is 10.7. The molecule has 0 aliphatic rings. The minimum absolute atomic E-state index is 0.106. The molecule has 0 unspecified atom stereocenters. The van der Waals surface area contributed by atoms with Crippen molar-refractivity contribution in [2.45, 2.75) is 32.6 Å². The van der Waals surface area contributed by atoms with Gasteiger partial charge < -0.3 is 20.6 Å². The molecule has 11 heteroatoms. The van der Waals surface area contributed by atoms with Crippen LogP contribution in [0.2, 0.25) is 0 Å². The fourth-order valence-corrected chi connectivity index (χ4v) is 4.34. The molecule has 210 valence electrons. The molecule has 40 heavy (non-hydrogen) atoms. The zero-order valence-corrected chi connectivity index (χ0v) is 23.1. The van der Waals surface area contributed by atoms with Gasteiger partial charge in [-0.25, -0.2) is 4.79 Å². The van der Waals surface area contributed by atoms with E-state index < -0.39 is 27.9 Å². The molecule has 0 spiro atoms. The van der Waals surface area contributed by atoms with Crippen LogP contribution in [0.5, 0.6) is 0 Å². The molecule has 0 saturated carbocycles. The van der Waals surface area contributed by atoms with Crippen LogP contribution in [0, 0.1) is 5.41 Å². The van der Waals surface area contributed by atoms with Gasteiger partial charge in [-0.05, 0) is 60.0 Å². The number of anilines is 1. The first-order chi connectivity index (χ1) is 19.0. The Labute approximate surface area is 233 Å². The normalized spacial score (nSPS) is 10.9. The fourth-order valence-electron chi connectivity index (χ4n) is 3.97. The molecule has 0 aromatic heterocycles. The molecule has 3 aromatic carbocycles. The summed E-state index contributed by atoms with van der Waals surface area (Å²) < 4.78 is 28.1. The SMILES string of the molecule is CCCCCCNC(=O)c1ccc(-c2ccccc2C(=O)Nc2ccc(C(=N)N)cc2)c(C(=O)OS(C)(=O)=O)c1. The third kappa shape index (κ3) is 8.24. The average Bonchev–Trinajstić information content (AvgIpc) is 2.92. The van der Waals surface area contributed by atoms with Crippen LogP contribution in [0.4, 0.5) is 5.69 Å². The maximum Gasteiger partial charge on any atom is 0.354 e. The molecule has 0 aliphatic carbocycles. The smallest absolute Gasteiger partial charge is 0.354 e. The standard InChI is InChI=1S/C29H32N4O6S/c1-3-4-5-8-17-32-27(34)20-13-16-23(25(18-20)29(36)39-40(2,37)38)22-9-6-7-10-24(22)28(35)33-21-14-11-19(12-15-21)26(30)31/h6-7,9-16,18H,3-5,8,17H2,1-2H3,(H3,30,31)(H,32,34)(H,33,35). The van der Waals surface area contributed by atoms with Crippen LogP contribution < -0.4 is 16.4 Å². The predicted molar refractivity (Wildman–Crippen MR) is 154 cm³/mol. The number of amides is 2. The Balaban J connectivity index is 1.97. The molecule has 0 aliphatic heterocycles. The van der Waals surface area contributed by atoms with E-state index in [0.29, 0.717) is 23.4 Å². The molecule has 0 atom stereocenters. The number of hydrogen-bond donors (Lipinski definition) is 4. The van der Waals surface area contributed by atoms with Crippen LogP contribution in [-0.4, -0.2) is 44.8 Å². The molecule has 0 radical (unpaired) electrons. The fraction of sp³-hybridized carbons (Fsp3) is 0.241. The van der Waals surface area contributed by atoms with Crippen LogP contribution >= 0.6 is 0 Å². The van der Waals surface area contributed by atoms with Crippen LogP contribution in [0.1, 0.15) is 69.2 Å². The van der Waals surface area contributed by atoms with Crippen LogP contribution in [0.3, 0.4) is 0 Å². The predicted octanol–water partition coefficient (Wildman–Crippen LogP) is 4.32. The maximum atomic E-state index is 13.3. The van der Waals surface area contributed by atoms with E-state index in [2.05, 4.69) is 21.7 Å². The van der Waals surface area contributed by atoms with E-state index in [1.54, 1.807) is 48.5 Å². The van der Waals surface area contributed by atoms with Crippen molar-refractivity contribution in [3.63, 3.8) is 0 Å². The number of hydrogen-bond acceptors (Lipinski definition) is 7. The van der Waals surface area contributed by atoms with Crippen LogP contribution in [-0.2, 0) is 14.3 Å². The van der Waals surface area contributed by atoms with E-state index in [0.717, 1.165) is 31.9 Å². The largest absolute Gasteiger partial charge is 0.384 e. The molecular formula is C29H32N4O6S. The first kappa shape index (κ1) is 30.0. The molecule has 0 bridgehead atoms. The second kappa shape index (κ2) is 13.5. The van der Waals surface area contributed by atoms with E-state index >= 15 is 0 Å². The summed E-state index contributed by atoms with van der Waals surface area (Å²) in [5, 5.41) is 13.1. The highest BCUT2D eigenvalue weighted by molar-refractivity contribution is 7.86. The first-order valence-electron chi connectivity index (χ1n) is 12.7. The summed E-state index contributed by atoms with van der Waals surface area (Å²) in [6.45, 7) is 2.55. The zero-order valence-electron chi connectivity index (χ0n) is 22.3. The summed E-state index contributed by atoms with van der Waals surface area (Å²) in [6, 6.07) is 17.1. The number of rotatable bonds is 12. The van der Waals surface area contributed by atoms with Crippen LogP contribution in [0.15, 0.2) is 66.7 Å². The van der Waals surface area contributed by atoms with Crippen molar-refractivity contribution in [3.8, 4) is 11.1 Å². The van der Waals surface area contributed by atoms with E-state index in [1.165, 1.54) is 18.2 Å². The molecule has 2 amide bonds. The minimum Gasteiger partial charge on any atom is -0.384 e. The highest BCUT2D eigenvalue weighted by atomic mass is 32.2. The van der Waals surface area contributed by atoms with Gasteiger partial charge in [0.05, 0.1) is 11.8 Å². The average molecular weight is 565 g/mol. The molecular weight excluding hydrogens is 532 g/mol. The van der Waals surface area contributed by atoms with Gasteiger partial charge >= 0.3 is 16.1 Å². The summed E-state index contributed by atoms with van der Waals surface area (Å²) in [5.41, 5.74) is 7.13. The summed E-state index contributed by atoms with van der Waals surface area (Å²) in [5.74, 6) is -2.20. The molecule has 0 saturated heterocycles. The van der Waals surface area contributed by atoms with Gasteiger partial charge in [0.2, 0.25) is 0 Å². The zero-order chi connectivity index (χ0) is 29.3. The molecule has 10 nitrogen and oxygen atoms in total. The maximum absolute atomic E-state index is 13.3. The van der Waals surface area contributed by atoms with Gasteiger partial charge in [0, 0.05) is 28.9 Å². The Morgan fingerprint density at radius 2 is 1.50 bits per heavy atom. The summed E-state index contributed by atoms with van der Waals surface area (Å²) in [6.07, 6.45) is 4.65. The number of nitrogens with one attached hydrogen (secondary N) is 3. The lowest BCUT2D eigenvalue weighted by molar-refractivity contribution is 0.0748. The lowest BCUT2D eigenvalue weighted by Gasteiger charge is -2.15. The van der Waals surface area contributed by atoms with Gasteiger partial charge in [-0.15, -0.1) is 0 Å². The Hall–Kier alpha value is -4.51. The topological polar surface area (TPSA) is 169 Å². The summed E-state index contributed by atoms with van der Waals surface area (Å²) in [7, 11) is -4.16. The van der Waals surface area contributed by atoms with E-state index in [-0.39, 0.29) is 28.1 Å². The second-order valence-electron chi connectivity index (χ2n) is 9.14. The Bertz CT molecular complexity index is 1520. The third-order valence-corrected chi connectivity index (χ3v) is 6.41. The van der Waals surface area contributed by atoms with Crippen molar-refractivity contribution in [2.24, 2.45) is 5.73 Å². The van der Waals surface area contributed by atoms with Gasteiger partial charge in [-0.3, -0.25) is 15.0 Å². The monoisotopic (exact) mass is 564 g/mol. The lowest BCUT2D eigenvalue weighted by atomic mass is 9.93. The Morgan fingerprint density at radius 1 is 0.850 bits per heavy atom. The number of carbonyl (C=O) groups is 3. The van der Waals surface area contributed by atoms with Crippen molar-refractivity contribution in [3.05, 3.63) is 89.0 Å². The van der Waals surface area contributed by atoms with Crippen molar-refractivity contribution in [1.29, 1.82) is 5.41 Å². The molecule has 0 heterocycles. The number of nitrogens with two attached hydrogens (primary N) is 1. The Morgan fingerprint density at radius 3 is 2.15 bits per heavy atom. The first-order valence-corrected chi connectivity index (χ1v) is 14.5. The van der Waals surface area contributed by atoms with Gasteiger partial charge in [-0.1, -0.05) is 50.5 Å². The molecule has 5 N–H and O–H groups in total. The quantitative estimate of drug-likeness (QED) is 0.110. The van der Waals surface area contributed by atoms with E-state index in [4.69, 9.17) is 11.1 Å². The highest BCUT2D eigenvalue weighted by Gasteiger charge is 2.23. The van der Waals surface area contributed by atoms with Gasteiger partial charge in [-0.2, -0.15) is 8.42 Å². The van der Waals surface area contributed by atoms with Gasteiger partial charge in [0.1, 0.15) is 5.84 Å². The van der Waals surface area contributed by atoms with E-state index in [9.17, 15) is 22.8 Å². The van der Waals surface area contributed by atoms with Gasteiger partial charge in [0.15, 0.2) is 0 Å². The van der Waals surface area contributed by atoms with Crippen molar-refractivity contribution in [1.82, 2.24) is 5.32 Å². The van der Waals surface area contributed by atoms with Crippen molar-refractivity contribution < 1.29 is 27.0 Å². The summed E-state index contributed by atoms with van der Waals surface area (Å²) >= 11 is 0. The Kier molecular flexibility index (Phi) is 10.2. The summed E-state index contributed by atoms with van der Waals surface area (Å²) in [4.78, 5) is 39.0. The van der Waals surface area contributed by atoms with Crippen LogP contribution in [0.25, 0.3) is 11.1 Å². The minimum atomic E-state index is -4.16. The number of unbranched alkanes of at least 4 members (excludes halogenated alkanes) is 3. The molecule has 0 fully saturated rings.